The van der Waals surface area contributed by atoms with Crippen molar-refractivity contribution in [3.05, 3.63) is 0 Å². The quantitative estimate of drug-likeness (QED) is 0.692. The number of Topliss-reactive ketones (excluding diaryl/α,β-unsaturated/α-hetero) is 1. The highest BCUT2D eigenvalue weighted by atomic mass is 16.5. The van der Waals surface area contributed by atoms with Gasteiger partial charge in [0, 0.05) is 19.1 Å². The number of rotatable bonds is 6. The number of ether oxygens (including phenoxy) is 1. The van der Waals surface area contributed by atoms with Crippen LogP contribution in [0.2, 0.25) is 0 Å². The van der Waals surface area contributed by atoms with E-state index in [9.17, 15) is 4.79 Å². The van der Waals surface area contributed by atoms with Gasteiger partial charge in [-0.3, -0.25) is 4.79 Å². The van der Waals surface area contributed by atoms with Gasteiger partial charge >= 0.3 is 0 Å². The lowest BCUT2D eigenvalue weighted by atomic mass is 9.92. The third-order valence-corrected chi connectivity index (χ3v) is 3.70. The molecule has 3 atom stereocenters. The van der Waals surface area contributed by atoms with E-state index in [0.717, 1.165) is 13.0 Å². The predicted molar refractivity (Wildman–Crippen MR) is 69.2 cm³/mol. The molecule has 1 aliphatic heterocycles. The van der Waals surface area contributed by atoms with Gasteiger partial charge in [-0.15, -0.1) is 0 Å². The Morgan fingerprint density at radius 2 is 2.18 bits per heavy atom. The number of hydrogen-bond donors (Lipinski definition) is 0. The fourth-order valence-electron chi connectivity index (χ4n) is 2.68. The molecule has 1 rings (SSSR count). The molecule has 17 heavy (non-hydrogen) atoms. The number of carbonyl (C=O) groups is 1. The monoisotopic (exact) mass is 242 g/mol. The normalized spacial score (nSPS) is 25.2. The maximum absolute atomic E-state index is 12.1. The van der Waals surface area contributed by atoms with Crippen molar-refractivity contribution in [2.24, 2.45) is 5.92 Å². The summed E-state index contributed by atoms with van der Waals surface area (Å²) in [6.45, 7) is 3.60. The minimum absolute atomic E-state index is 0.0231. The van der Waals surface area contributed by atoms with Crippen LogP contribution < -0.4 is 0 Å². The lowest BCUT2D eigenvalue weighted by Crippen LogP contribution is -2.45. The molecule has 0 aromatic carbocycles. The van der Waals surface area contributed by atoms with Gasteiger partial charge in [0.25, 0.3) is 0 Å². The summed E-state index contributed by atoms with van der Waals surface area (Å²) in [7, 11) is 7.69. The number of ketones is 1. The summed E-state index contributed by atoms with van der Waals surface area (Å²) in [5, 5.41) is 0. The molecule has 1 aliphatic rings. The largest absolute Gasteiger partial charge is 0.379 e. The van der Waals surface area contributed by atoms with Crippen LogP contribution in [-0.2, 0) is 9.53 Å². The summed E-state index contributed by atoms with van der Waals surface area (Å²) < 4.78 is 5.59. The van der Waals surface area contributed by atoms with Crippen LogP contribution >= 0.6 is 0 Å². The molecule has 0 aromatic heterocycles. The van der Waals surface area contributed by atoms with Gasteiger partial charge in [0.2, 0.25) is 0 Å². The second-order valence-corrected chi connectivity index (χ2v) is 5.38. The molecule has 1 heterocycles. The highest BCUT2D eigenvalue weighted by Crippen LogP contribution is 2.25. The highest BCUT2D eigenvalue weighted by Gasteiger charge is 2.35. The van der Waals surface area contributed by atoms with Crippen molar-refractivity contribution < 1.29 is 9.53 Å². The van der Waals surface area contributed by atoms with Crippen LogP contribution in [0.15, 0.2) is 0 Å². The van der Waals surface area contributed by atoms with Gasteiger partial charge in [0.15, 0.2) is 5.78 Å². The summed E-state index contributed by atoms with van der Waals surface area (Å²) in [5.74, 6) is 0.232. The first-order valence-corrected chi connectivity index (χ1v) is 6.37. The minimum Gasteiger partial charge on any atom is -0.379 e. The molecule has 1 fully saturated rings. The molecule has 100 valence electrons. The van der Waals surface area contributed by atoms with E-state index < -0.39 is 0 Å². The van der Waals surface area contributed by atoms with E-state index in [0.29, 0.717) is 12.6 Å². The van der Waals surface area contributed by atoms with E-state index in [1.807, 2.05) is 25.9 Å². The zero-order valence-electron chi connectivity index (χ0n) is 11.8. The lowest BCUT2D eigenvalue weighted by molar-refractivity contribution is -0.128. The van der Waals surface area contributed by atoms with E-state index in [4.69, 9.17) is 4.74 Å². The van der Waals surface area contributed by atoms with Gasteiger partial charge < -0.3 is 14.5 Å². The number of nitrogens with zero attached hydrogens (tertiary/aromatic N) is 2. The fourth-order valence-corrected chi connectivity index (χ4v) is 2.68. The molecule has 0 amide bonds. The number of likely N-dealkylation sites (N-methyl/N-ethyl adjacent to an activating group) is 2. The van der Waals surface area contributed by atoms with E-state index in [1.165, 1.54) is 6.42 Å². The standard InChI is InChI=1S/C13H26N2O2/c1-10(12(16)9-14(2)3)13(17-5)11-7-6-8-15(11)4/h10-11,13H,6-9H2,1-5H3. The molecule has 3 unspecified atom stereocenters. The molecular weight excluding hydrogens is 216 g/mol. The van der Waals surface area contributed by atoms with E-state index in [1.54, 1.807) is 7.11 Å². The second-order valence-electron chi connectivity index (χ2n) is 5.38. The van der Waals surface area contributed by atoms with Crippen molar-refractivity contribution in [2.45, 2.75) is 31.9 Å². The predicted octanol–water partition coefficient (Wildman–Crippen LogP) is 0.862. The molecule has 0 saturated carbocycles. The van der Waals surface area contributed by atoms with Gasteiger partial charge in [-0.2, -0.15) is 0 Å². The number of carbonyl (C=O) groups excluding carboxylic acids is 1. The molecule has 4 heteroatoms. The van der Waals surface area contributed by atoms with Crippen LogP contribution in [0.3, 0.4) is 0 Å². The van der Waals surface area contributed by atoms with Gasteiger partial charge in [-0.25, -0.2) is 0 Å². The number of methoxy groups -OCH3 is 1. The first-order chi connectivity index (χ1) is 7.97. The lowest BCUT2D eigenvalue weighted by Gasteiger charge is -2.32. The number of hydrogen-bond acceptors (Lipinski definition) is 4. The van der Waals surface area contributed by atoms with Crippen molar-refractivity contribution in [1.82, 2.24) is 9.80 Å². The minimum atomic E-state index is -0.0343. The Bertz CT molecular complexity index is 256. The molecule has 0 bridgehead atoms. The van der Waals surface area contributed by atoms with Crippen LogP contribution in [0.25, 0.3) is 0 Å². The topological polar surface area (TPSA) is 32.8 Å². The Balaban J connectivity index is 2.63. The van der Waals surface area contributed by atoms with Gasteiger partial charge in [0.05, 0.1) is 12.6 Å². The van der Waals surface area contributed by atoms with Crippen LogP contribution in [0, 0.1) is 5.92 Å². The molecular formula is C13H26N2O2. The zero-order chi connectivity index (χ0) is 13.0. The van der Waals surface area contributed by atoms with Crippen LogP contribution in [0.4, 0.5) is 0 Å². The van der Waals surface area contributed by atoms with Gasteiger partial charge in [0.1, 0.15) is 0 Å². The van der Waals surface area contributed by atoms with Crippen molar-refractivity contribution in [1.29, 1.82) is 0 Å². The Labute approximate surface area is 105 Å². The maximum Gasteiger partial charge on any atom is 0.152 e. The smallest absolute Gasteiger partial charge is 0.152 e. The SMILES string of the molecule is COC(C(C)C(=O)CN(C)C)C1CCCN1C. The summed E-state index contributed by atoms with van der Waals surface area (Å²) in [6.07, 6.45) is 2.36. The summed E-state index contributed by atoms with van der Waals surface area (Å²) in [4.78, 5) is 16.3. The van der Waals surface area contributed by atoms with Crippen molar-refractivity contribution >= 4 is 5.78 Å². The summed E-state index contributed by atoms with van der Waals surface area (Å²) >= 11 is 0. The maximum atomic E-state index is 12.1. The molecule has 0 aliphatic carbocycles. The first kappa shape index (κ1) is 14.6. The van der Waals surface area contributed by atoms with Gasteiger partial charge in [-0.1, -0.05) is 6.92 Å². The summed E-state index contributed by atoms with van der Waals surface area (Å²) in [5.41, 5.74) is 0. The van der Waals surface area contributed by atoms with Crippen molar-refractivity contribution in [2.75, 3.05) is 41.3 Å². The summed E-state index contributed by atoms with van der Waals surface area (Å²) in [6, 6.07) is 0.390. The van der Waals surface area contributed by atoms with Crippen LogP contribution in [0.5, 0.6) is 0 Å². The van der Waals surface area contributed by atoms with Crippen LogP contribution in [0.1, 0.15) is 19.8 Å². The Morgan fingerprint density at radius 3 is 2.59 bits per heavy atom. The third kappa shape index (κ3) is 3.76. The third-order valence-electron chi connectivity index (χ3n) is 3.70. The van der Waals surface area contributed by atoms with E-state index in [-0.39, 0.29) is 17.8 Å². The Kier molecular flexibility index (Phi) is 5.56. The zero-order valence-corrected chi connectivity index (χ0v) is 11.8. The van der Waals surface area contributed by atoms with E-state index in [2.05, 4.69) is 11.9 Å². The Hall–Kier alpha value is -0.450. The average Bonchev–Trinajstić information content (AvgIpc) is 2.65. The second kappa shape index (κ2) is 6.47. The van der Waals surface area contributed by atoms with Crippen LogP contribution in [-0.4, -0.2) is 69.1 Å². The number of likely N-dealkylation sites (tertiary alicyclic amines) is 1. The molecule has 1 saturated heterocycles. The Morgan fingerprint density at radius 1 is 1.53 bits per heavy atom. The molecule has 4 nitrogen and oxygen atoms in total. The fraction of sp³-hybridized carbons (Fsp3) is 0.923. The molecule has 0 spiro atoms. The highest BCUT2D eigenvalue weighted by molar-refractivity contribution is 5.83. The molecule has 0 radical (unpaired) electrons. The molecule has 0 aromatic rings. The average molecular weight is 242 g/mol. The first-order valence-electron chi connectivity index (χ1n) is 6.37. The van der Waals surface area contributed by atoms with Crippen molar-refractivity contribution in [3.8, 4) is 0 Å². The van der Waals surface area contributed by atoms with Crippen molar-refractivity contribution in [3.63, 3.8) is 0 Å². The van der Waals surface area contributed by atoms with Gasteiger partial charge in [-0.05, 0) is 40.5 Å². The molecule has 0 N–H and O–H groups in total. The van der Waals surface area contributed by atoms with E-state index >= 15 is 0 Å².